The van der Waals surface area contributed by atoms with Crippen molar-refractivity contribution in [3.05, 3.63) is 65.2 Å². The third kappa shape index (κ3) is 6.13. The molecule has 1 aliphatic rings. The van der Waals surface area contributed by atoms with Crippen LogP contribution in [0.1, 0.15) is 29.2 Å². The van der Waals surface area contributed by atoms with Crippen molar-refractivity contribution in [1.29, 1.82) is 0 Å². The lowest BCUT2D eigenvalue weighted by Crippen LogP contribution is -2.45. The molecule has 166 valence electrons. The van der Waals surface area contributed by atoms with Crippen LogP contribution in [-0.2, 0) is 17.5 Å². The Balaban J connectivity index is 1.79. The molecule has 1 aliphatic heterocycles. The maximum atomic E-state index is 13.0. The van der Waals surface area contributed by atoms with E-state index in [-0.39, 0.29) is 25.0 Å². The number of alkyl halides is 3. The standard InChI is InChI=1S/C22H25F3N4O2/c1-29(2)20(30)14-27-21(26-13-15-6-5-7-16(12-15)22(23,24)25)28-18-10-11-31-19-9-4-3-8-17(18)19/h3-9,12,18H,10-11,13-14H2,1-2H3,(H2,26,27,28). The number of carbonyl (C=O) groups excluding carboxylic acids is 1. The number of nitrogens with one attached hydrogen (secondary N) is 2. The monoisotopic (exact) mass is 434 g/mol. The van der Waals surface area contributed by atoms with Crippen molar-refractivity contribution in [2.75, 3.05) is 27.2 Å². The van der Waals surface area contributed by atoms with E-state index in [1.54, 1.807) is 20.2 Å². The zero-order valence-electron chi connectivity index (χ0n) is 17.4. The number of guanidine groups is 1. The lowest BCUT2D eigenvalue weighted by molar-refractivity contribution is -0.137. The minimum absolute atomic E-state index is 0.00624. The Morgan fingerprint density at radius 2 is 1.97 bits per heavy atom. The van der Waals surface area contributed by atoms with Crippen LogP contribution in [0.15, 0.2) is 53.5 Å². The second-order valence-corrected chi connectivity index (χ2v) is 7.38. The Labute approximate surface area is 179 Å². The Kier molecular flexibility index (Phi) is 7.04. The number of aliphatic imine (C=N–C) groups is 1. The molecular formula is C22H25F3N4O2. The summed E-state index contributed by atoms with van der Waals surface area (Å²) in [6.07, 6.45) is -3.73. The number of likely N-dealkylation sites (N-methyl/N-ethyl adjacent to an activating group) is 1. The number of amides is 1. The van der Waals surface area contributed by atoms with E-state index < -0.39 is 11.7 Å². The Hall–Kier alpha value is -3.23. The number of fused-ring (bicyclic) bond motifs is 1. The minimum Gasteiger partial charge on any atom is -0.493 e. The molecule has 1 atom stereocenters. The van der Waals surface area contributed by atoms with Gasteiger partial charge in [-0.1, -0.05) is 30.3 Å². The number of para-hydroxylation sites is 1. The molecule has 0 aliphatic carbocycles. The maximum Gasteiger partial charge on any atom is 0.416 e. The molecule has 0 fully saturated rings. The number of hydrogen-bond donors (Lipinski definition) is 2. The van der Waals surface area contributed by atoms with Gasteiger partial charge in [0.05, 0.1) is 31.3 Å². The van der Waals surface area contributed by atoms with Crippen molar-refractivity contribution in [3.8, 4) is 5.75 Å². The molecule has 1 amide bonds. The first kappa shape index (κ1) is 22.5. The average molecular weight is 434 g/mol. The lowest BCUT2D eigenvalue weighted by atomic mass is 10.0. The van der Waals surface area contributed by atoms with E-state index in [0.29, 0.717) is 24.6 Å². The number of nitrogens with zero attached hydrogens (tertiary/aromatic N) is 2. The molecule has 0 radical (unpaired) electrons. The summed E-state index contributed by atoms with van der Waals surface area (Å²) >= 11 is 0. The largest absolute Gasteiger partial charge is 0.493 e. The Morgan fingerprint density at radius 1 is 1.19 bits per heavy atom. The molecule has 9 heteroatoms. The molecule has 0 aromatic heterocycles. The number of carbonyl (C=O) groups is 1. The van der Waals surface area contributed by atoms with Gasteiger partial charge in [-0.2, -0.15) is 13.2 Å². The van der Waals surface area contributed by atoms with Crippen LogP contribution in [0.25, 0.3) is 0 Å². The van der Waals surface area contributed by atoms with Crippen LogP contribution in [-0.4, -0.2) is 44.0 Å². The highest BCUT2D eigenvalue weighted by atomic mass is 19.4. The minimum atomic E-state index is -4.41. The zero-order chi connectivity index (χ0) is 22.4. The van der Waals surface area contributed by atoms with Gasteiger partial charge in [-0.05, 0) is 23.8 Å². The average Bonchev–Trinajstić information content (AvgIpc) is 2.75. The predicted octanol–water partition coefficient (Wildman–Crippen LogP) is 3.35. The summed E-state index contributed by atoms with van der Waals surface area (Å²) in [5.74, 6) is 0.961. The number of ether oxygens (including phenoxy) is 1. The van der Waals surface area contributed by atoms with Crippen molar-refractivity contribution in [3.63, 3.8) is 0 Å². The van der Waals surface area contributed by atoms with E-state index in [4.69, 9.17) is 4.74 Å². The molecule has 6 nitrogen and oxygen atoms in total. The molecule has 3 rings (SSSR count). The second kappa shape index (κ2) is 9.72. The van der Waals surface area contributed by atoms with Crippen molar-refractivity contribution in [1.82, 2.24) is 15.5 Å². The Bertz CT molecular complexity index is 944. The van der Waals surface area contributed by atoms with Crippen molar-refractivity contribution >= 4 is 11.9 Å². The molecule has 2 N–H and O–H groups in total. The lowest BCUT2D eigenvalue weighted by Gasteiger charge is -2.28. The third-order valence-electron chi connectivity index (χ3n) is 4.85. The third-order valence-corrected chi connectivity index (χ3v) is 4.85. The summed E-state index contributed by atoms with van der Waals surface area (Å²) in [5, 5.41) is 6.27. The van der Waals surface area contributed by atoms with E-state index >= 15 is 0 Å². The van der Waals surface area contributed by atoms with Gasteiger partial charge in [0.15, 0.2) is 5.96 Å². The highest BCUT2D eigenvalue weighted by Gasteiger charge is 2.30. The Morgan fingerprint density at radius 3 is 2.71 bits per heavy atom. The van der Waals surface area contributed by atoms with Crippen LogP contribution < -0.4 is 15.4 Å². The van der Waals surface area contributed by atoms with Crippen LogP contribution in [0, 0.1) is 0 Å². The van der Waals surface area contributed by atoms with Crippen molar-refractivity contribution < 1.29 is 22.7 Å². The summed E-state index contributed by atoms with van der Waals surface area (Å²) in [7, 11) is 3.29. The van der Waals surface area contributed by atoms with Gasteiger partial charge >= 0.3 is 6.18 Å². The van der Waals surface area contributed by atoms with Crippen LogP contribution >= 0.6 is 0 Å². The van der Waals surface area contributed by atoms with Gasteiger partial charge in [-0.3, -0.25) is 4.79 Å². The number of rotatable bonds is 5. The summed E-state index contributed by atoms with van der Waals surface area (Å²) in [4.78, 5) is 17.9. The van der Waals surface area contributed by atoms with Gasteiger partial charge in [0, 0.05) is 26.1 Å². The van der Waals surface area contributed by atoms with Crippen LogP contribution in [0.4, 0.5) is 13.2 Å². The summed E-state index contributed by atoms with van der Waals surface area (Å²) < 4.78 is 44.6. The number of benzene rings is 2. The topological polar surface area (TPSA) is 66.0 Å². The van der Waals surface area contributed by atoms with E-state index in [1.807, 2.05) is 24.3 Å². The normalized spacial score (nSPS) is 16.2. The van der Waals surface area contributed by atoms with Crippen LogP contribution in [0.2, 0.25) is 0 Å². The number of halogens is 3. The van der Waals surface area contributed by atoms with Crippen LogP contribution in [0.5, 0.6) is 5.75 Å². The molecular weight excluding hydrogens is 409 g/mol. The number of hydrogen-bond acceptors (Lipinski definition) is 3. The molecule has 2 aromatic rings. The highest BCUT2D eigenvalue weighted by molar-refractivity contribution is 5.86. The van der Waals surface area contributed by atoms with Gasteiger partial charge in [0.25, 0.3) is 0 Å². The van der Waals surface area contributed by atoms with Crippen molar-refractivity contribution in [2.45, 2.75) is 25.2 Å². The SMILES string of the molecule is CN(C)C(=O)CNC(=NCc1cccc(C(F)(F)F)c1)NC1CCOc2ccccc21. The maximum absolute atomic E-state index is 13.0. The molecule has 0 saturated carbocycles. The van der Waals surface area contributed by atoms with Gasteiger partial charge < -0.3 is 20.3 Å². The van der Waals surface area contributed by atoms with Gasteiger partial charge in [-0.25, -0.2) is 4.99 Å². The summed E-state index contributed by atoms with van der Waals surface area (Å²) in [5.41, 5.74) is 0.660. The molecule has 0 spiro atoms. The molecule has 0 saturated heterocycles. The molecule has 0 bridgehead atoms. The summed E-state index contributed by atoms with van der Waals surface area (Å²) in [6.45, 7) is 0.554. The second-order valence-electron chi connectivity index (χ2n) is 7.38. The van der Waals surface area contributed by atoms with E-state index in [0.717, 1.165) is 23.4 Å². The van der Waals surface area contributed by atoms with Gasteiger partial charge in [0.2, 0.25) is 5.91 Å². The molecule has 1 heterocycles. The molecule has 1 unspecified atom stereocenters. The predicted molar refractivity (Wildman–Crippen MR) is 112 cm³/mol. The zero-order valence-corrected chi connectivity index (χ0v) is 17.4. The fourth-order valence-electron chi connectivity index (χ4n) is 3.14. The van der Waals surface area contributed by atoms with Gasteiger partial charge in [0.1, 0.15) is 5.75 Å². The summed E-state index contributed by atoms with van der Waals surface area (Å²) in [6, 6.07) is 12.6. The first-order chi connectivity index (χ1) is 14.7. The quantitative estimate of drug-likeness (QED) is 0.560. The highest BCUT2D eigenvalue weighted by Crippen LogP contribution is 2.32. The first-order valence-electron chi connectivity index (χ1n) is 9.87. The molecule has 2 aromatic carbocycles. The smallest absolute Gasteiger partial charge is 0.416 e. The van der Waals surface area contributed by atoms with Crippen LogP contribution in [0.3, 0.4) is 0 Å². The van der Waals surface area contributed by atoms with Gasteiger partial charge in [-0.15, -0.1) is 0 Å². The first-order valence-corrected chi connectivity index (χ1v) is 9.87. The van der Waals surface area contributed by atoms with E-state index in [1.165, 1.54) is 11.0 Å². The van der Waals surface area contributed by atoms with Crippen molar-refractivity contribution in [2.24, 2.45) is 4.99 Å². The molecule has 31 heavy (non-hydrogen) atoms. The van der Waals surface area contributed by atoms with E-state index in [2.05, 4.69) is 15.6 Å². The fourth-order valence-corrected chi connectivity index (χ4v) is 3.14. The van der Waals surface area contributed by atoms with E-state index in [9.17, 15) is 18.0 Å². The fraction of sp³-hybridized carbons (Fsp3) is 0.364.